The first-order valence-corrected chi connectivity index (χ1v) is 17.9. The Morgan fingerprint density at radius 1 is 0.979 bits per heavy atom. The summed E-state index contributed by atoms with van der Waals surface area (Å²) in [5, 5.41) is 5.80. The Kier molecular flexibility index (Phi) is 10.9. The van der Waals surface area contributed by atoms with Crippen LogP contribution in [0.5, 0.6) is 0 Å². The molecule has 0 saturated carbocycles. The summed E-state index contributed by atoms with van der Waals surface area (Å²) < 4.78 is 42.1. The van der Waals surface area contributed by atoms with Gasteiger partial charge < -0.3 is 20.4 Å². The molecule has 2 heterocycles. The van der Waals surface area contributed by atoms with Crippen molar-refractivity contribution in [3.63, 3.8) is 0 Å². The number of amides is 4. The molecule has 0 aliphatic carbocycles. The molecule has 1 saturated heterocycles. The van der Waals surface area contributed by atoms with Crippen molar-refractivity contribution in [2.75, 3.05) is 26.2 Å². The standard InChI is InChI=1S/C36H41FN4O6S/c1-24(2)30-21-40(35(44)27-13-6-7-15-32(27)48(46,47)23-26-10-4-3-5-11-26)22-33(42)38-18-8-12-25-16-17-29(37)28(20-25)36(45)41-19-9-14-31(41)34(43)39-30/h3-7,10-11,13,15-17,20,24,30-31H,8-9,12,14,18-19,21-23H2,1-2H3,(H,38,42)(H,39,43)/t30-,31-/m0/s1. The van der Waals surface area contributed by atoms with E-state index in [1.807, 2.05) is 13.8 Å². The van der Waals surface area contributed by atoms with Gasteiger partial charge in [-0.2, -0.15) is 0 Å². The maximum Gasteiger partial charge on any atom is 0.257 e. The number of aryl methyl sites for hydroxylation is 1. The molecular formula is C36H41FN4O6S. The van der Waals surface area contributed by atoms with Gasteiger partial charge >= 0.3 is 0 Å². The monoisotopic (exact) mass is 676 g/mol. The molecule has 48 heavy (non-hydrogen) atoms. The lowest BCUT2D eigenvalue weighted by Gasteiger charge is -2.32. The highest BCUT2D eigenvalue weighted by atomic mass is 32.2. The van der Waals surface area contributed by atoms with Gasteiger partial charge in [-0.3, -0.25) is 19.2 Å². The fourth-order valence-electron chi connectivity index (χ4n) is 6.19. The number of hydrogen-bond acceptors (Lipinski definition) is 6. The smallest absolute Gasteiger partial charge is 0.257 e. The van der Waals surface area contributed by atoms with Gasteiger partial charge in [0.05, 0.1) is 28.3 Å². The molecule has 0 unspecified atom stereocenters. The topological polar surface area (TPSA) is 133 Å². The lowest BCUT2D eigenvalue weighted by atomic mass is 10.0. The van der Waals surface area contributed by atoms with Crippen LogP contribution in [0.3, 0.4) is 0 Å². The molecule has 1 fully saturated rings. The number of carbonyl (C=O) groups excluding carboxylic acids is 4. The number of nitrogens with one attached hydrogen (secondary N) is 2. The van der Waals surface area contributed by atoms with Gasteiger partial charge in [0.25, 0.3) is 11.8 Å². The molecule has 2 aliphatic heterocycles. The van der Waals surface area contributed by atoms with E-state index in [0.29, 0.717) is 43.4 Å². The largest absolute Gasteiger partial charge is 0.355 e. The Labute approximate surface area is 280 Å². The van der Waals surface area contributed by atoms with Crippen molar-refractivity contribution in [1.29, 1.82) is 0 Å². The number of hydrogen-bond donors (Lipinski definition) is 2. The molecule has 0 spiro atoms. The Morgan fingerprint density at radius 2 is 1.71 bits per heavy atom. The van der Waals surface area contributed by atoms with Crippen LogP contribution in [-0.2, 0) is 31.6 Å². The maximum absolute atomic E-state index is 14.9. The zero-order valence-electron chi connectivity index (χ0n) is 27.2. The van der Waals surface area contributed by atoms with E-state index in [-0.39, 0.29) is 47.3 Å². The summed E-state index contributed by atoms with van der Waals surface area (Å²) in [5.74, 6) is -3.32. The van der Waals surface area contributed by atoms with Gasteiger partial charge in [-0.15, -0.1) is 0 Å². The maximum atomic E-state index is 14.9. The first kappa shape index (κ1) is 34.7. The second-order valence-corrected chi connectivity index (χ2v) is 14.7. The molecular weight excluding hydrogens is 635 g/mol. The van der Waals surface area contributed by atoms with E-state index in [2.05, 4.69) is 10.6 Å². The molecule has 2 aliphatic rings. The van der Waals surface area contributed by atoms with Crippen LogP contribution in [-0.4, -0.2) is 80.1 Å². The molecule has 0 aromatic heterocycles. The molecule has 12 heteroatoms. The molecule has 0 radical (unpaired) electrons. The summed E-state index contributed by atoms with van der Waals surface area (Å²) in [6.07, 6.45) is 1.90. The summed E-state index contributed by atoms with van der Waals surface area (Å²) in [7, 11) is -3.96. The van der Waals surface area contributed by atoms with Crippen LogP contribution in [0.15, 0.2) is 77.7 Å². The van der Waals surface area contributed by atoms with Gasteiger partial charge in [0.1, 0.15) is 11.9 Å². The van der Waals surface area contributed by atoms with Gasteiger partial charge in [-0.05, 0) is 67.0 Å². The Hall–Kier alpha value is -4.58. The fourth-order valence-corrected chi connectivity index (χ4v) is 7.76. The lowest BCUT2D eigenvalue weighted by Crippen LogP contribution is -2.55. The van der Waals surface area contributed by atoms with Crippen LogP contribution in [0.1, 0.15) is 65.0 Å². The third kappa shape index (κ3) is 8.10. The number of benzene rings is 3. The minimum Gasteiger partial charge on any atom is -0.355 e. The summed E-state index contributed by atoms with van der Waals surface area (Å²) in [6.45, 7) is 3.78. The Morgan fingerprint density at radius 3 is 2.46 bits per heavy atom. The third-order valence-corrected chi connectivity index (χ3v) is 10.6. The van der Waals surface area contributed by atoms with Crippen LogP contribution in [0, 0.1) is 11.7 Å². The van der Waals surface area contributed by atoms with Crippen molar-refractivity contribution in [2.24, 2.45) is 5.92 Å². The predicted molar refractivity (Wildman–Crippen MR) is 178 cm³/mol. The second kappa shape index (κ2) is 15.1. The van der Waals surface area contributed by atoms with Gasteiger partial charge in [-0.25, -0.2) is 12.8 Å². The number of rotatable bonds is 5. The van der Waals surface area contributed by atoms with E-state index >= 15 is 0 Å². The summed E-state index contributed by atoms with van der Waals surface area (Å²) in [6, 6.07) is 17.4. The second-order valence-electron chi connectivity index (χ2n) is 12.7. The lowest BCUT2D eigenvalue weighted by molar-refractivity contribution is -0.126. The number of sulfone groups is 1. The van der Waals surface area contributed by atoms with Crippen molar-refractivity contribution in [1.82, 2.24) is 20.4 Å². The average Bonchev–Trinajstić information content (AvgIpc) is 3.56. The first-order chi connectivity index (χ1) is 22.9. The number of fused-ring (bicyclic) bond motifs is 3. The SMILES string of the molecule is CC(C)[C@@H]1CN(C(=O)c2ccccc2S(=O)(=O)Cc2ccccc2)CC(=O)NCCCc2ccc(F)c(c2)C(=O)N2CCC[C@H]2C(=O)N1. The van der Waals surface area contributed by atoms with Crippen molar-refractivity contribution in [3.05, 3.63) is 101 Å². The Balaban J connectivity index is 1.47. The van der Waals surface area contributed by atoms with E-state index in [4.69, 9.17) is 0 Å². The normalized spacial score (nSPS) is 19.8. The predicted octanol–water partition coefficient (Wildman–Crippen LogP) is 3.75. The van der Waals surface area contributed by atoms with E-state index in [9.17, 15) is 32.0 Å². The zero-order valence-corrected chi connectivity index (χ0v) is 28.0. The van der Waals surface area contributed by atoms with Crippen LogP contribution in [0.25, 0.3) is 0 Å². The fraction of sp³-hybridized carbons (Fsp3) is 0.389. The molecule has 2 N–H and O–H groups in total. The third-order valence-electron chi connectivity index (χ3n) is 8.87. The highest BCUT2D eigenvalue weighted by molar-refractivity contribution is 7.90. The highest BCUT2D eigenvalue weighted by Crippen LogP contribution is 2.25. The quantitative estimate of drug-likeness (QED) is 0.423. The summed E-state index contributed by atoms with van der Waals surface area (Å²) in [4.78, 5) is 57.3. The van der Waals surface area contributed by atoms with E-state index < -0.39 is 51.4 Å². The van der Waals surface area contributed by atoms with Crippen LogP contribution < -0.4 is 10.6 Å². The van der Waals surface area contributed by atoms with Crippen LogP contribution in [0.2, 0.25) is 0 Å². The highest BCUT2D eigenvalue weighted by Gasteiger charge is 2.37. The van der Waals surface area contributed by atoms with Gasteiger partial charge in [0.15, 0.2) is 9.84 Å². The van der Waals surface area contributed by atoms with Crippen LogP contribution >= 0.6 is 0 Å². The molecule has 3 aromatic carbocycles. The average molecular weight is 677 g/mol. The van der Waals surface area contributed by atoms with Gasteiger partial charge in [-0.1, -0.05) is 62.4 Å². The van der Waals surface area contributed by atoms with Crippen molar-refractivity contribution >= 4 is 33.5 Å². The number of halogens is 1. The van der Waals surface area contributed by atoms with E-state index in [1.165, 1.54) is 34.1 Å². The Bertz CT molecular complexity index is 1780. The van der Waals surface area contributed by atoms with Crippen molar-refractivity contribution < 1.29 is 32.0 Å². The molecule has 254 valence electrons. The first-order valence-electron chi connectivity index (χ1n) is 16.3. The molecule has 2 atom stereocenters. The number of carbonyl (C=O) groups is 4. The molecule has 4 amide bonds. The minimum absolute atomic E-state index is 0.0742. The molecule has 10 nitrogen and oxygen atoms in total. The molecule has 5 rings (SSSR count). The zero-order chi connectivity index (χ0) is 34.4. The van der Waals surface area contributed by atoms with E-state index in [1.54, 1.807) is 48.5 Å². The van der Waals surface area contributed by atoms with Crippen LogP contribution in [0.4, 0.5) is 4.39 Å². The molecule has 3 aromatic rings. The number of nitrogens with zero attached hydrogens (tertiary/aromatic N) is 2. The van der Waals surface area contributed by atoms with Gasteiger partial charge in [0.2, 0.25) is 11.8 Å². The summed E-state index contributed by atoms with van der Waals surface area (Å²) >= 11 is 0. The minimum atomic E-state index is -3.96. The van der Waals surface area contributed by atoms with Gasteiger partial charge in [0, 0.05) is 25.7 Å². The summed E-state index contributed by atoms with van der Waals surface area (Å²) in [5.41, 5.74) is 1.10. The van der Waals surface area contributed by atoms with E-state index in [0.717, 1.165) is 0 Å². The van der Waals surface area contributed by atoms with Crippen molar-refractivity contribution in [2.45, 2.75) is 62.3 Å². The molecule has 2 bridgehead atoms. The van der Waals surface area contributed by atoms with Crippen molar-refractivity contribution in [3.8, 4) is 0 Å².